The Balaban J connectivity index is 1.91. The van der Waals surface area contributed by atoms with Crippen LogP contribution in [-0.2, 0) is 4.79 Å². The SMILES string of the molecule is C[C@H](NC(=O)N1CCC(C(=O)O)C1)c1ccc(Cl)cc1. The maximum Gasteiger partial charge on any atom is 0.317 e. The number of nitrogens with zero attached hydrogens (tertiary/aromatic N) is 1. The highest BCUT2D eigenvalue weighted by Crippen LogP contribution is 2.19. The van der Waals surface area contributed by atoms with E-state index in [2.05, 4.69) is 5.32 Å². The molecule has 1 heterocycles. The Morgan fingerprint density at radius 1 is 1.40 bits per heavy atom. The van der Waals surface area contributed by atoms with E-state index >= 15 is 0 Å². The maximum atomic E-state index is 12.1. The van der Waals surface area contributed by atoms with Gasteiger partial charge in [0, 0.05) is 18.1 Å². The number of urea groups is 1. The molecule has 1 fully saturated rings. The Hall–Kier alpha value is -1.75. The summed E-state index contributed by atoms with van der Waals surface area (Å²) in [5.41, 5.74) is 0.955. The van der Waals surface area contributed by atoms with Crippen LogP contribution in [0.25, 0.3) is 0 Å². The van der Waals surface area contributed by atoms with Crippen molar-refractivity contribution in [2.45, 2.75) is 19.4 Å². The van der Waals surface area contributed by atoms with Crippen LogP contribution in [-0.4, -0.2) is 35.1 Å². The Kier molecular flexibility index (Phi) is 4.49. The van der Waals surface area contributed by atoms with E-state index in [1.165, 1.54) is 0 Å². The third kappa shape index (κ3) is 3.42. The largest absolute Gasteiger partial charge is 0.481 e. The number of amides is 2. The van der Waals surface area contributed by atoms with E-state index < -0.39 is 11.9 Å². The van der Waals surface area contributed by atoms with Gasteiger partial charge < -0.3 is 15.3 Å². The van der Waals surface area contributed by atoms with Crippen LogP contribution in [0.15, 0.2) is 24.3 Å². The molecule has 0 aromatic heterocycles. The van der Waals surface area contributed by atoms with E-state index in [0.29, 0.717) is 18.0 Å². The van der Waals surface area contributed by atoms with Gasteiger partial charge in [0.25, 0.3) is 0 Å². The second kappa shape index (κ2) is 6.13. The fraction of sp³-hybridized carbons (Fsp3) is 0.429. The molecule has 1 aliphatic rings. The smallest absolute Gasteiger partial charge is 0.317 e. The van der Waals surface area contributed by atoms with E-state index in [4.69, 9.17) is 16.7 Å². The standard InChI is InChI=1S/C14H17ClN2O3/c1-9(10-2-4-12(15)5-3-10)16-14(20)17-7-6-11(8-17)13(18)19/h2-5,9,11H,6-8H2,1H3,(H,16,20)(H,18,19)/t9-,11?/m0/s1. The summed E-state index contributed by atoms with van der Waals surface area (Å²) in [4.78, 5) is 24.5. The molecule has 1 unspecified atom stereocenters. The van der Waals surface area contributed by atoms with Gasteiger partial charge in [-0.1, -0.05) is 23.7 Å². The lowest BCUT2D eigenvalue weighted by Crippen LogP contribution is -2.40. The lowest BCUT2D eigenvalue weighted by molar-refractivity contribution is -0.141. The van der Waals surface area contributed by atoms with Gasteiger partial charge in [0.1, 0.15) is 0 Å². The van der Waals surface area contributed by atoms with E-state index in [0.717, 1.165) is 5.56 Å². The van der Waals surface area contributed by atoms with Crippen molar-refractivity contribution < 1.29 is 14.7 Å². The van der Waals surface area contributed by atoms with Crippen LogP contribution < -0.4 is 5.32 Å². The second-order valence-electron chi connectivity index (χ2n) is 4.99. The average molecular weight is 297 g/mol. The Bertz CT molecular complexity index is 504. The summed E-state index contributed by atoms with van der Waals surface area (Å²) in [6.07, 6.45) is 0.512. The molecular formula is C14H17ClN2O3. The van der Waals surface area contributed by atoms with Gasteiger partial charge in [0.15, 0.2) is 0 Å². The van der Waals surface area contributed by atoms with Gasteiger partial charge in [-0.25, -0.2) is 4.79 Å². The summed E-state index contributed by atoms with van der Waals surface area (Å²) in [7, 11) is 0. The van der Waals surface area contributed by atoms with Crippen LogP contribution >= 0.6 is 11.6 Å². The first-order valence-electron chi connectivity index (χ1n) is 6.51. The highest BCUT2D eigenvalue weighted by atomic mass is 35.5. The van der Waals surface area contributed by atoms with Crippen LogP contribution in [0.2, 0.25) is 5.02 Å². The van der Waals surface area contributed by atoms with Gasteiger partial charge >= 0.3 is 12.0 Å². The van der Waals surface area contributed by atoms with E-state index in [1.807, 2.05) is 19.1 Å². The molecule has 0 saturated carbocycles. The highest BCUT2D eigenvalue weighted by molar-refractivity contribution is 6.30. The monoisotopic (exact) mass is 296 g/mol. The molecule has 20 heavy (non-hydrogen) atoms. The van der Waals surface area contributed by atoms with Gasteiger partial charge in [-0.2, -0.15) is 0 Å². The number of carbonyl (C=O) groups is 2. The van der Waals surface area contributed by atoms with Gasteiger partial charge in [-0.05, 0) is 31.0 Å². The molecular weight excluding hydrogens is 280 g/mol. The van der Waals surface area contributed by atoms with Gasteiger partial charge in [-0.3, -0.25) is 4.79 Å². The molecule has 2 N–H and O–H groups in total. The lowest BCUT2D eigenvalue weighted by atomic mass is 10.1. The topological polar surface area (TPSA) is 69.6 Å². The molecule has 0 spiro atoms. The number of rotatable bonds is 3. The first-order valence-corrected chi connectivity index (χ1v) is 6.89. The number of hydrogen-bond donors (Lipinski definition) is 2. The van der Waals surface area contributed by atoms with Crippen molar-refractivity contribution in [3.05, 3.63) is 34.9 Å². The molecule has 6 heteroatoms. The number of hydrogen-bond acceptors (Lipinski definition) is 2. The number of benzene rings is 1. The van der Waals surface area contributed by atoms with Crippen molar-refractivity contribution in [2.75, 3.05) is 13.1 Å². The Labute approximate surface area is 122 Å². The fourth-order valence-corrected chi connectivity index (χ4v) is 2.38. The number of carboxylic acid groups (broad SMARTS) is 1. The minimum atomic E-state index is -0.842. The van der Waals surface area contributed by atoms with Crippen molar-refractivity contribution in [1.82, 2.24) is 10.2 Å². The molecule has 1 aromatic rings. The summed E-state index contributed by atoms with van der Waals surface area (Å²) < 4.78 is 0. The maximum absolute atomic E-state index is 12.1. The summed E-state index contributed by atoms with van der Waals surface area (Å²) in [5.74, 6) is -1.29. The molecule has 0 aliphatic carbocycles. The predicted molar refractivity (Wildman–Crippen MR) is 75.7 cm³/mol. The zero-order valence-electron chi connectivity index (χ0n) is 11.2. The third-order valence-corrected chi connectivity index (χ3v) is 3.79. The number of halogens is 1. The average Bonchev–Trinajstić information content (AvgIpc) is 2.89. The fourth-order valence-electron chi connectivity index (χ4n) is 2.26. The van der Waals surface area contributed by atoms with Gasteiger partial charge in [-0.15, -0.1) is 0 Å². The molecule has 0 radical (unpaired) electrons. The minimum absolute atomic E-state index is 0.149. The molecule has 5 nitrogen and oxygen atoms in total. The van der Waals surface area contributed by atoms with Crippen molar-refractivity contribution in [2.24, 2.45) is 5.92 Å². The van der Waals surface area contributed by atoms with Gasteiger partial charge in [0.05, 0.1) is 12.0 Å². The molecule has 0 bridgehead atoms. The van der Waals surface area contributed by atoms with Crippen LogP contribution in [0.4, 0.5) is 4.79 Å². The van der Waals surface area contributed by atoms with Crippen molar-refractivity contribution in [3.63, 3.8) is 0 Å². The lowest BCUT2D eigenvalue weighted by Gasteiger charge is -2.21. The first kappa shape index (κ1) is 14.7. The molecule has 1 saturated heterocycles. The van der Waals surface area contributed by atoms with E-state index in [9.17, 15) is 9.59 Å². The Morgan fingerprint density at radius 2 is 2.05 bits per heavy atom. The Morgan fingerprint density at radius 3 is 2.60 bits per heavy atom. The number of carboxylic acids is 1. The molecule has 108 valence electrons. The first-order chi connectivity index (χ1) is 9.47. The molecule has 2 rings (SSSR count). The number of aliphatic carboxylic acids is 1. The van der Waals surface area contributed by atoms with E-state index in [-0.39, 0.29) is 18.6 Å². The zero-order chi connectivity index (χ0) is 14.7. The normalized spacial score (nSPS) is 19.7. The summed E-state index contributed by atoms with van der Waals surface area (Å²) in [5, 5.41) is 12.4. The zero-order valence-corrected chi connectivity index (χ0v) is 11.9. The van der Waals surface area contributed by atoms with Crippen LogP contribution in [0.5, 0.6) is 0 Å². The summed E-state index contributed by atoms with van der Waals surface area (Å²) in [6, 6.07) is 6.89. The number of likely N-dealkylation sites (tertiary alicyclic amines) is 1. The molecule has 1 aromatic carbocycles. The number of nitrogens with one attached hydrogen (secondary N) is 1. The van der Waals surface area contributed by atoms with Crippen molar-refractivity contribution in [3.8, 4) is 0 Å². The van der Waals surface area contributed by atoms with Crippen LogP contribution in [0, 0.1) is 5.92 Å². The minimum Gasteiger partial charge on any atom is -0.481 e. The van der Waals surface area contributed by atoms with Gasteiger partial charge in [0.2, 0.25) is 0 Å². The summed E-state index contributed by atoms with van der Waals surface area (Å²) in [6.45, 7) is 2.64. The molecule has 1 aliphatic heterocycles. The summed E-state index contributed by atoms with van der Waals surface area (Å²) >= 11 is 5.82. The highest BCUT2D eigenvalue weighted by Gasteiger charge is 2.31. The van der Waals surface area contributed by atoms with Crippen LogP contribution in [0.3, 0.4) is 0 Å². The van der Waals surface area contributed by atoms with Crippen molar-refractivity contribution in [1.29, 1.82) is 0 Å². The van der Waals surface area contributed by atoms with Crippen molar-refractivity contribution >= 4 is 23.6 Å². The second-order valence-corrected chi connectivity index (χ2v) is 5.43. The quantitative estimate of drug-likeness (QED) is 0.900. The molecule has 2 amide bonds. The van der Waals surface area contributed by atoms with Crippen LogP contribution in [0.1, 0.15) is 24.9 Å². The number of carbonyl (C=O) groups excluding carboxylic acids is 1. The van der Waals surface area contributed by atoms with E-state index in [1.54, 1.807) is 17.0 Å². The molecule has 2 atom stereocenters. The third-order valence-electron chi connectivity index (χ3n) is 3.53. The predicted octanol–water partition coefficient (Wildman–Crippen LogP) is 2.52.